The Morgan fingerprint density at radius 2 is 0.725 bits per heavy atom. The number of nitrogens with zero attached hydrogens (tertiary/aromatic N) is 1. The van der Waals surface area contributed by atoms with E-state index in [0.717, 1.165) is 12.8 Å². The first kappa shape index (κ1) is 103. The molecule has 0 amide bonds. The number of ether oxygens (including phenoxy) is 9. The lowest BCUT2D eigenvalue weighted by Crippen LogP contribution is -2.54. The molecule has 12 saturated carbocycles. The van der Waals surface area contributed by atoms with E-state index in [1.807, 2.05) is 68.4 Å². The van der Waals surface area contributed by atoms with Crippen molar-refractivity contribution >= 4 is 108 Å². The molecular weight excluding hydrogens is 1860 g/mol. The molecule has 0 aromatic heterocycles. The minimum Gasteiger partial charge on any atom is -0.469 e. The molecule has 36 nitrogen and oxygen atoms in total. The van der Waals surface area contributed by atoms with Gasteiger partial charge in [0.2, 0.25) is 0 Å². The van der Waals surface area contributed by atoms with Crippen LogP contribution in [0.3, 0.4) is 0 Å². The highest BCUT2D eigenvalue weighted by Gasteiger charge is 2.84. The zero-order chi connectivity index (χ0) is 97.3. The van der Waals surface area contributed by atoms with Crippen LogP contribution in [0, 0.1) is 121 Å². The van der Waals surface area contributed by atoms with Crippen LogP contribution < -0.4 is 0 Å². The molecule has 0 spiro atoms. The number of carbonyl (C=O) groups excluding carboxylic acids is 8. The van der Waals surface area contributed by atoms with Gasteiger partial charge in [-0.25, -0.2) is 4.79 Å². The topological polar surface area (TPSA) is 504 Å². The Hall–Kier alpha value is -5.54. The summed E-state index contributed by atoms with van der Waals surface area (Å²) in [6.45, 7) is 32.7. The Bertz CT molecular complexity index is 5260. The van der Waals surface area contributed by atoms with E-state index >= 15 is 0 Å². The number of alkyl halides is 3. The lowest BCUT2D eigenvalue weighted by molar-refractivity contribution is -0.184. The minimum absolute atomic E-state index is 0.0130. The summed E-state index contributed by atoms with van der Waals surface area (Å²) in [5.74, 6) is -6.81. The molecule has 742 valence electrons. The normalized spacial score (nSPS) is 40.3. The molecule has 31 atom stereocenters. The summed E-state index contributed by atoms with van der Waals surface area (Å²) >= 11 is 0. The van der Waals surface area contributed by atoms with Crippen LogP contribution in [0.1, 0.15) is 234 Å². The lowest BCUT2D eigenvalue weighted by atomic mass is 9.83. The average Bonchev–Trinajstić information content (AvgIpc) is 1.49. The number of hydrogen-bond donors (Lipinski definition) is 0. The summed E-state index contributed by atoms with van der Waals surface area (Å²) in [5.41, 5.74) is -3.71. The molecule has 0 aromatic rings. The van der Waals surface area contributed by atoms with Gasteiger partial charge in [0.05, 0.1) is 80.0 Å². The monoisotopic (exact) mass is 1980 g/mol. The second-order valence-electron chi connectivity index (χ2n) is 42.5. The fourth-order valence-electron chi connectivity index (χ4n) is 22.6. The summed E-state index contributed by atoms with van der Waals surface area (Å²) in [6, 6.07) is 1.95. The van der Waals surface area contributed by atoms with E-state index in [4.69, 9.17) is 67.7 Å². The number of halogens is 3. The Labute approximate surface area is 765 Å². The number of methoxy groups -OCH3 is 1. The number of hydrogen-bond acceptors (Lipinski definition) is 36. The first-order valence-electron chi connectivity index (χ1n) is 45.5. The molecule has 131 heavy (non-hydrogen) atoms. The number of fused-ring (bicyclic) bond motifs is 6. The Morgan fingerprint density at radius 3 is 1.15 bits per heavy atom. The van der Waals surface area contributed by atoms with Crippen molar-refractivity contribution in [2.75, 3.05) is 26.9 Å². The van der Waals surface area contributed by atoms with E-state index in [0.29, 0.717) is 77.0 Å². The van der Waals surface area contributed by atoms with Crippen molar-refractivity contribution in [1.82, 2.24) is 0 Å². The van der Waals surface area contributed by atoms with Crippen LogP contribution in [-0.4, -0.2) is 235 Å². The molecule has 6 heterocycles. The summed E-state index contributed by atoms with van der Waals surface area (Å²) in [7, 11) is -21.6. The third-order valence-electron chi connectivity index (χ3n) is 32.9. The van der Waals surface area contributed by atoms with Gasteiger partial charge in [-0.05, 0) is 198 Å². The maximum Gasteiger partial charge on any atom is 0.410 e. The van der Waals surface area contributed by atoms with Crippen LogP contribution in [0.15, 0.2) is 0 Å². The number of esters is 8. The van der Waals surface area contributed by atoms with Crippen molar-refractivity contribution in [3.63, 3.8) is 0 Å². The molecule has 6 saturated heterocycles. The smallest absolute Gasteiger partial charge is 0.410 e. The van der Waals surface area contributed by atoms with Gasteiger partial charge >= 0.3 is 53.9 Å². The number of nitriles is 1. The van der Waals surface area contributed by atoms with Crippen LogP contribution in [0.25, 0.3) is 0 Å². The molecule has 18 fully saturated rings. The molecule has 18 aliphatic rings. The second-order valence-corrected chi connectivity index (χ2v) is 53.3. The SMILES string of the molecule is CCC(C)(C)C(=O)OC1C2CC3C1OS(=O)(=O)C3(C#N)C2.CCC(C)(C)C(=O)OC1C2CC3C1OS(=O)(=O)C3(C(F)(F)F)C2.CCC(C)(C)C(=O)OC1C2CC3C1OS(=O)(=O)C3C2.CCC(C)(C)C(=O)OC1C2CC3C1OS(=O)(=O)C3C2C(=O)OC.CCC(C)(C)C(=O)OCC(=O)OC1C2CC3C1OS(=O)(=O)C3C2.CCC(C)(C)C(=O)OCCOC1C2CC3C1OS(=O)(=O)C3C2. The van der Waals surface area contributed by atoms with Crippen LogP contribution >= 0.6 is 0 Å². The van der Waals surface area contributed by atoms with Crippen molar-refractivity contribution in [2.45, 2.75) is 344 Å². The van der Waals surface area contributed by atoms with Crippen molar-refractivity contribution < 1.29 is 170 Å². The van der Waals surface area contributed by atoms with Crippen molar-refractivity contribution in [3.8, 4) is 6.07 Å². The maximum absolute atomic E-state index is 13.5. The predicted molar refractivity (Wildman–Crippen MR) is 449 cm³/mol. The van der Waals surface area contributed by atoms with Gasteiger partial charge in [0.15, 0.2) is 16.1 Å². The van der Waals surface area contributed by atoms with Crippen LogP contribution in [0.4, 0.5) is 13.2 Å². The summed E-state index contributed by atoms with van der Waals surface area (Å²) in [6.07, 6.45) is -3.59. The summed E-state index contributed by atoms with van der Waals surface area (Å²) in [5, 5.41) is 7.30. The van der Waals surface area contributed by atoms with E-state index in [1.54, 1.807) is 62.3 Å². The summed E-state index contributed by atoms with van der Waals surface area (Å²) in [4.78, 5) is 96.6. The first-order chi connectivity index (χ1) is 60.4. The minimum atomic E-state index is -4.89. The van der Waals surface area contributed by atoms with E-state index in [1.165, 1.54) is 7.11 Å². The van der Waals surface area contributed by atoms with E-state index in [-0.39, 0.29) is 132 Å². The Balaban J connectivity index is 0.000000134. The van der Waals surface area contributed by atoms with E-state index in [9.17, 15) is 107 Å². The fourth-order valence-corrected chi connectivity index (χ4v) is 34.2. The third-order valence-corrected chi connectivity index (χ3v) is 44.0. The zero-order valence-corrected chi connectivity index (χ0v) is 82.1. The number of carbonyl (C=O) groups is 8. The first-order valence-corrected chi connectivity index (χ1v) is 54.2. The second kappa shape index (κ2) is 35.4. The molecule has 0 aromatic carbocycles. The van der Waals surface area contributed by atoms with Gasteiger partial charge in [0, 0.05) is 65.1 Å². The van der Waals surface area contributed by atoms with Gasteiger partial charge in [-0.3, -0.25) is 58.7 Å². The molecule has 0 radical (unpaired) electrons. The molecule has 12 aliphatic carbocycles. The van der Waals surface area contributed by atoms with Gasteiger partial charge in [-0.1, -0.05) is 41.5 Å². The molecule has 45 heteroatoms. The van der Waals surface area contributed by atoms with E-state index in [2.05, 4.69) is 0 Å². The van der Waals surface area contributed by atoms with Gasteiger partial charge in [-0.15, -0.1) is 0 Å². The predicted octanol–water partition coefficient (Wildman–Crippen LogP) is 8.61. The zero-order valence-electron chi connectivity index (χ0n) is 77.2. The highest BCUT2D eigenvalue weighted by molar-refractivity contribution is 7.89. The van der Waals surface area contributed by atoms with Crippen molar-refractivity contribution in [1.29, 1.82) is 5.26 Å². The molecule has 12 bridgehead atoms. The maximum atomic E-state index is 13.5. The Kier molecular flexibility index (Phi) is 27.8. The highest BCUT2D eigenvalue weighted by atomic mass is 32.2. The van der Waals surface area contributed by atoms with Crippen LogP contribution in [0.2, 0.25) is 0 Å². The third kappa shape index (κ3) is 17.7. The van der Waals surface area contributed by atoms with Crippen LogP contribution in [0.5, 0.6) is 0 Å². The quantitative estimate of drug-likeness (QED) is 0.0377. The van der Waals surface area contributed by atoms with Gasteiger partial charge in [-0.2, -0.15) is 68.9 Å². The van der Waals surface area contributed by atoms with Crippen LogP contribution in [-0.2, 0) is 167 Å². The molecule has 0 N–H and O–H groups in total. The molecule has 31 unspecified atom stereocenters. The number of rotatable bonds is 24. The van der Waals surface area contributed by atoms with Gasteiger partial charge in [0.1, 0.15) is 79.0 Å². The lowest BCUT2D eigenvalue weighted by Gasteiger charge is -2.34. The van der Waals surface area contributed by atoms with Gasteiger partial charge in [0.25, 0.3) is 60.7 Å². The van der Waals surface area contributed by atoms with Crippen molar-refractivity contribution in [3.05, 3.63) is 0 Å². The largest absolute Gasteiger partial charge is 0.469 e. The van der Waals surface area contributed by atoms with Crippen molar-refractivity contribution in [2.24, 2.45) is 109 Å². The fraction of sp³-hybridized carbons (Fsp3) is 0.895. The average molecular weight is 1980 g/mol. The Morgan fingerprint density at radius 1 is 0.374 bits per heavy atom. The highest BCUT2D eigenvalue weighted by Crippen LogP contribution is 2.68. The van der Waals surface area contributed by atoms with Gasteiger partial charge < -0.3 is 42.6 Å². The molecule has 18 rings (SSSR count). The summed E-state index contributed by atoms with van der Waals surface area (Å²) < 4.78 is 259. The molecule has 6 aliphatic heterocycles. The standard InChI is InChI=1S/2C15H22O7S.C15H24O6S.C14H19F3O5S.C14H19NO5S.C13H20O5S/c1-5-15(2,3)14(17)21-10-7-6-8-11(10)22-23(18,19)12(8)9(7)13(16)20-4;1-4-15(2,3)14(17)20-7-11(16)21-12-8-5-9-10(6-8)23(18,19)22-13(9)12;1-4-15(2,3)14(16)20-6-5-19-12-9-7-10-11(8-9)22(17,18)21-13(10)12;1-4-12(2,3)11(18)21-9-7-5-8-10(9)22-23(19,20)13(8,6-7)14(15,16)17;1-4-13(2,3)12(16)19-10-8-5-9-11(10)20-21(17,18)14(9,6-8)7-15;1-4-13(2,3)12(14)17-10-7-5-8-9(6-7)19(15,16)18-11(8)10/h7-12H,5-6H2,1-4H3;8-10,12-13H,4-7H2,1-3H3;9-13H,4-8H2,1-3H3;7-10H,4-6H2,1-3H3;8-11H,4-6H2,1-3H3;7-11H,4-6H2,1-3H3. The van der Waals surface area contributed by atoms with E-state index < -0.39 is 235 Å². The molecular formula is C86H126F3NO35S6.